The molecular weight excluding hydrogens is 751 g/mol. The van der Waals surface area contributed by atoms with Crippen molar-refractivity contribution in [3.63, 3.8) is 0 Å². The zero-order valence-electron chi connectivity index (χ0n) is 38.9. The van der Waals surface area contributed by atoms with Crippen LogP contribution in [0.4, 0.5) is 0 Å². The third-order valence-corrected chi connectivity index (χ3v) is 10.0. The number of carboxylic acids is 1. The summed E-state index contributed by atoms with van der Waals surface area (Å²) < 4.78 is 17.2. The van der Waals surface area contributed by atoms with Crippen LogP contribution in [0.2, 0.25) is 0 Å². The normalized spacial score (nSPS) is 13.7. The van der Waals surface area contributed by atoms with Gasteiger partial charge >= 0.3 is 17.9 Å². The number of esters is 2. The van der Waals surface area contributed by atoms with Gasteiger partial charge in [-0.2, -0.15) is 0 Å². The molecule has 0 saturated carbocycles. The van der Waals surface area contributed by atoms with Crippen LogP contribution in [-0.4, -0.2) is 80.6 Å². The molecule has 0 aliphatic rings. The highest BCUT2D eigenvalue weighted by Crippen LogP contribution is 2.13. The monoisotopic (exact) mass is 839 g/mol. The minimum absolute atomic E-state index is 0.0381. The summed E-state index contributed by atoms with van der Waals surface area (Å²) in [4.78, 5) is 37.0. The van der Waals surface area contributed by atoms with Crippen LogP contribution in [0.25, 0.3) is 0 Å². The lowest BCUT2D eigenvalue weighted by Crippen LogP contribution is -2.50. The van der Waals surface area contributed by atoms with E-state index in [1.807, 2.05) is 21.1 Å². The van der Waals surface area contributed by atoms with Crippen molar-refractivity contribution in [2.75, 3.05) is 41.0 Å². The lowest BCUT2D eigenvalue weighted by atomic mass is 10.1. The van der Waals surface area contributed by atoms with E-state index in [4.69, 9.17) is 14.2 Å². The van der Waals surface area contributed by atoms with Gasteiger partial charge in [0.05, 0.1) is 34.4 Å². The van der Waals surface area contributed by atoms with Gasteiger partial charge in [-0.3, -0.25) is 9.59 Å². The Labute approximate surface area is 367 Å². The SMILES string of the molecule is CC/C=C/C/C=C/C/C=C/C/C=C/C/C=C/C/C=C/CCCCCC(=O)OC(COCCC(C(=O)O)[N+](C)(C)C)COC(=O)CCCCC/C=C/CCCCCCCCC. The van der Waals surface area contributed by atoms with Gasteiger partial charge in [0.15, 0.2) is 12.1 Å². The quantitative estimate of drug-likeness (QED) is 0.0283. The van der Waals surface area contributed by atoms with Crippen molar-refractivity contribution in [1.29, 1.82) is 0 Å². The fraction of sp³-hybridized carbons (Fsp3) is 0.673. The van der Waals surface area contributed by atoms with E-state index in [1.165, 1.54) is 44.9 Å². The molecule has 2 unspecified atom stereocenters. The van der Waals surface area contributed by atoms with Crippen molar-refractivity contribution in [3.8, 4) is 0 Å². The van der Waals surface area contributed by atoms with Gasteiger partial charge in [-0.05, 0) is 89.9 Å². The second kappa shape index (κ2) is 42.2. The number of carboxylic acid groups (broad SMARTS) is 1. The third kappa shape index (κ3) is 39.9. The second-order valence-electron chi connectivity index (χ2n) is 16.6. The molecule has 1 N–H and O–H groups in total. The van der Waals surface area contributed by atoms with Crippen molar-refractivity contribution < 1.29 is 38.2 Å². The van der Waals surface area contributed by atoms with Crippen molar-refractivity contribution in [2.45, 2.75) is 187 Å². The largest absolute Gasteiger partial charge is 0.477 e. The number of ether oxygens (including phenoxy) is 3. The average Bonchev–Trinajstić information content (AvgIpc) is 3.21. The van der Waals surface area contributed by atoms with E-state index in [2.05, 4.69) is 98.9 Å². The molecule has 0 fully saturated rings. The number of hydrogen-bond donors (Lipinski definition) is 1. The van der Waals surface area contributed by atoms with Crippen LogP contribution < -0.4 is 0 Å². The molecule has 0 aromatic rings. The number of nitrogens with zero attached hydrogens (tertiary/aromatic N) is 1. The first-order chi connectivity index (χ1) is 29.1. The van der Waals surface area contributed by atoms with Gasteiger partial charge in [-0.1, -0.05) is 150 Å². The van der Waals surface area contributed by atoms with Crippen molar-refractivity contribution in [3.05, 3.63) is 85.1 Å². The number of allylic oxidation sites excluding steroid dienone is 14. The van der Waals surface area contributed by atoms with E-state index < -0.39 is 18.1 Å². The van der Waals surface area contributed by atoms with Gasteiger partial charge < -0.3 is 23.8 Å². The van der Waals surface area contributed by atoms with Crippen LogP contribution in [0.5, 0.6) is 0 Å². The molecule has 0 rings (SSSR count). The summed E-state index contributed by atoms with van der Waals surface area (Å²) in [7, 11) is 5.50. The molecule has 0 aliphatic heterocycles. The van der Waals surface area contributed by atoms with Gasteiger partial charge in [0.25, 0.3) is 0 Å². The standard InChI is InChI=1S/C52H87NO7/c1-6-8-10-12-14-16-18-20-22-23-24-25-26-27-28-29-31-33-35-37-39-41-43-51(55)60-48(46-58-45-44-49(52(56)57)53(3,4)5)47-59-50(54)42-40-38-36-34-32-30-21-19-17-15-13-11-9-7-2/h8,10,14,16,20,22,24-25,27-28,30-33,48-49H,6-7,9,11-13,15,17-19,21,23,26,29,34-47H2,1-5H3/p+1/b10-8+,16-14+,22-20+,25-24+,28-27+,32-30+,33-31+. The molecule has 342 valence electrons. The minimum Gasteiger partial charge on any atom is -0.477 e. The van der Waals surface area contributed by atoms with Gasteiger partial charge in [0.2, 0.25) is 0 Å². The molecule has 60 heavy (non-hydrogen) atoms. The number of carbonyl (C=O) groups excluding carboxylic acids is 2. The van der Waals surface area contributed by atoms with Crippen LogP contribution in [0, 0.1) is 0 Å². The summed E-state index contributed by atoms with van der Waals surface area (Å²) in [5.74, 6) is -1.54. The summed E-state index contributed by atoms with van der Waals surface area (Å²) in [6.07, 6.45) is 54.9. The molecule has 0 spiro atoms. The summed E-state index contributed by atoms with van der Waals surface area (Å²) in [6.45, 7) is 4.55. The van der Waals surface area contributed by atoms with E-state index in [9.17, 15) is 19.5 Å². The maximum atomic E-state index is 12.8. The van der Waals surface area contributed by atoms with Crippen LogP contribution in [0.3, 0.4) is 0 Å². The maximum Gasteiger partial charge on any atom is 0.362 e. The summed E-state index contributed by atoms with van der Waals surface area (Å²) in [6, 6.07) is -0.627. The third-order valence-electron chi connectivity index (χ3n) is 10.0. The average molecular weight is 839 g/mol. The molecule has 8 nitrogen and oxygen atoms in total. The molecule has 8 heteroatoms. The lowest BCUT2D eigenvalue weighted by molar-refractivity contribution is -0.887. The minimum atomic E-state index is -0.886. The Kier molecular flexibility index (Phi) is 39.8. The predicted molar refractivity (Wildman–Crippen MR) is 252 cm³/mol. The summed E-state index contributed by atoms with van der Waals surface area (Å²) >= 11 is 0. The number of likely N-dealkylation sites (N-methyl/N-ethyl adjacent to an activating group) is 1. The number of rotatable bonds is 41. The molecule has 0 amide bonds. The second-order valence-corrected chi connectivity index (χ2v) is 16.6. The Morgan fingerprint density at radius 2 is 0.933 bits per heavy atom. The molecule has 0 radical (unpaired) electrons. The molecule has 0 aromatic heterocycles. The Balaban J connectivity index is 4.41. The smallest absolute Gasteiger partial charge is 0.362 e. The molecule has 0 aliphatic carbocycles. The topological polar surface area (TPSA) is 99.1 Å². The highest BCUT2D eigenvalue weighted by Gasteiger charge is 2.31. The fourth-order valence-corrected chi connectivity index (χ4v) is 6.38. The van der Waals surface area contributed by atoms with Gasteiger partial charge in [0.1, 0.15) is 6.61 Å². The molecule has 2 atom stereocenters. The number of unbranched alkanes of at least 4 members (excludes halogenated alkanes) is 13. The Bertz CT molecular complexity index is 1250. The first kappa shape index (κ1) is 56.5. The van der Waals surface area contributed by atoms with Crippen molar-refractivity contribution >= 4 is 17.9 Å². The number of aliphatic carboxylic acids is 1. The lowest BCUT2D eigenvalue weighted by Gasteiger charge is -2.31. The van der Waals surface area contributed by atoms with E-state index >= 15 is 0 Å². The fourth-order valence-electron chi connectivity index (χ4n) is 6.38. The van der Waals surface area contributed by atoms with E-state index in [0.29, 0.717) is 19.3 Å². The van der Waals surface area contributed by atoms with Crippen LogP contribution >= 0.6 is 0 Å². The van der Waals surface area contributed by atoms with Gasteiger partial charge in [0, 0.05) is 19.3 Å². The molecule has 0 heterocycles. The molecule has 0 bridgehead atoms. The summed E-state index contributed by atoms with van der Waals surface area (Å²) in [5, 5.41) is 9.63. The number of carbonyl (C=O) groups is 3. The first-order valence-electron chi connectivity index (χ1n) is 23.6. The van der Waals surface area contributed by atoms with Crippen LogP contribution in [-0.2, 0) is 28.6 Å². The van der Waals surface area contributed by atoms with Crippen molar-refractivity contribution in [1.82, 2.24) is 0 Å². The predicted octanol–water partition coefficient (Wildman–Crippen LogP) is 13.3. The van der Waals surface area contributed by atoms with Gasteiger partial charge in [-0.25, -0.2) is 4.79 Å². The number of quaternary nitrogens is 1. The first-order valence-corrected chi connectivity index (χ1v) is 23.6. The van der Waals surface area contributed by atoms with Crippen molar-refractivity contribution in [2.24, 2.45) is 0 Å². The van der Waals surface area contributed by atoms with Gasteiger partial charge in [-0.15, -0.1) is 0 Å². The Hall–Kier alpha value is -3.49. The zero-order chi connectivity index (χ0) is 44.2. The van der Waals surface area contributed by atoms with Crippen LogP contribution in [0.1, 0.15) is 174 Å². The number of hydrogen-bond acceptors (Lipinski definition) is 6. The van der Waals surface area contributed by atoms with E-state index in [1.54, 1.807) is 0 Å². The molecule has 0 aromatic carbocycles. The maximum absolute atomic E-state index is 12.8. The van der Waals surface area contributed by atoms with E-state index in [-0.39, 0.29) is 42.7 Å². The highest BCUT2D eigenvalue weighted by atomic mass is 16.6. The molecular formula is C52H88NO7+. The Morgan fingerprint density at radius 1 is 0.517 bits per heavy atom. The Morgan fingerprint density at radius 3 is 1.40 bits per heavy atom. The zero-order valence-corrected chi connectivity index (χ0v) is 38.9. The highest BCUT2D eigenvalue weighted by molar-refractivity contribution is 5.72. The summed E-state index contributed by atoms with van der Waals surface area (Å²) in [5.41, 5.74) is 0. The molecule has 0 saturated heterocycles. The van der Waals surface area contributed by atoms with E-state index in [0.717, 1.165) is 89.9 Å². The van der Waals surface area contributed by atoms with Crippen LogP contribution in [0.15, 0.2) is 85.1 Å².